The van der Waals surface area contributed by atoms with Crippen LogP contribution >= 0.6 is 15.9 Å². The first-order valence-electron chi connectivity index (χ1n) is 8.50. The molecule has 1 N–H and O–H groups in total. The van der Waals surface area contributed by atoms with Crippen molar-refractivity contribution in [1.29, 1.82) is 0 Å². The summed E-state index contributed by atoms with van der Waals surface area (Å²) in [5, 5.41) is 3.25. The van der Waals surface area contributed by atoms with Crippen molar-refractivity contribution in [2.45, 2.75) is 18.4 Å². The van der Waals surface area contributed by atoms with Crippen LogP contribution in [0.3, 0.4) is 0 Å². The molecule has 1 aliphatic rings. The van der Waals surface area contributed by atoms with Gasteiger partial charge in [-0.3, -0.25) is 0 Å². The highest BCUT2D eigenvalue weighted by atomic mass is 79.9. The maximum absolute atomic E-state index is 12.7. The fourth-order valence-corrected chi connectivity index (χ4v) is 4.61. The van der Waals surface area contributed by atoms with Crippen molar-refractivity contribution in [2.75, 3.05) is 38.5 Å². The Morgan fingerprint density at radius 3 is 2.54 bits per heavy atom. The number of likely N-dealkylation sites (N-methyl/N-ethyl adjacent to an activating group) is 1. The topological polar surface area (TPSA) is 65.5 Å². The molecule has 0 bridgehead atoms. The molecule has 2 heterocycles. The second-order valence-corrected chi connectivity index (χ2v) is 9.36. The number of hydrogen-bond acceptors (Lipinski definition) is 5. The van der Waals surface area contributed by atoms with Gasteiger partial charge in [-0.15, -0.1) is 0 Å². The van der Waals surface area contributed by atoms with Crippen LogP contribution in [0.4, 0.5) is 5.82 Å². The largest absolute Gasteiger partial charge is 0.366 e. The molecule has 1 saturated heterocycles. The molecule has 0 aliphatic carbocycles. The Labute approximate surface area is 163 Å². The van der Waals surface area contributed by atoms with Crippen LogP contribution in [-0.2, 0) is 16.6 Å². The molecule has 0 amide bonds. The van der Waals surface area contributed by atoms with Crippen LogP contribution in [0.15, 0.2) is 45.9 Å². The fourth-order valence-electron chi connectivity index (χ4n) is 2.83. The number of piperazine rings is 1. The van der Waals surface area contributed by atoms with E-state index in [-0.39, 0.29) is 4.90 Å². The standard InChI is InChI=1S/C18H23BrN4O2S/c1-14-3-4-16(19)11-15(14)12-20-18-6-5-17(13-21-18)26(24,25)23-9-7-22(2)8-10-23/h3-6,11,13H,7-10,12H2,1-2H3,(H,20,21). The molecular weight excluding hydrogens is 416 g/mol. The van der Waals surface area contributed by atoms with Gasteiger partial charge in [0.2, 0.25) is 10.0 Å². The Bertz CT molecular complexity index is 863. The number of halogens is 1. The second-order valence-electron chi connectivity index (χ2n) is 6.51. The van der Waals surface area contributed by atoms with Crippen LogP contribution in [-0.4, -0.2) is 55.8 Å². The summed E-state index contributed by atoms with van der Waals surface area (Å²) >= 11 is 3.48. The summed E-state index contributed by atoms with van der Waals surface area (Å²) in [5.74, 6) is 0.654. The van der Waals surface area contributed by atoms with Crippen LogP contribution in [0.5, 0.6) is 0 Å². The summed E-state index contributed by atoms with van der Waals surface area (Å²) < 4.78 is 28.0. The lowest BCUT2D eigenvalue weighted by Gasteiger charge is -2.31. The van der Waals surface area contributed by atoms with Gasteiger partial charge < -0.3 is 10.2 Å². The van der Waals surface area contributed by atoms with Crippen LogP contribution in [0.2, 0.25) is 0 Å². The van der Waals surface area contributed by atoms with Gasteiger partial charge in [0.25, 0.3) is 0 Å². The molecule has 0 atom stereocenters. The van der Waals surface area contributed by atoms with Crippen molar-refractivity contribution >= 4 is 31.8 Å². The number of sulfonamides is 1. The molecule has 8 heteroatoms. The molecule has 6 nitrogen and oxygen atoms in total. The maximum atomic E-state index is 12.7. The fraction of sp³-hybridized carbons (Fsp3) is 0.389. The van der Waals surface area contributed by atoms with Crippen molar-refractivity contribution < 1.29 is 8.42 Å². The minimum absolute atomic E-state index is 0.242. The number of pyridine rings is 1. The van der Waals surface area contributed by atoms with E-state index in [0.29, 0.717) is 25.5 Å². The van der Waals surface area contributed by atoms with Gasteiger partial charge in [0.1, 0.15) is 10.7 Å². The molecule has 140 valence electrons. The average molecular weight is 439 g/mol. The summed E-state index contributed by atoms with van der Waals surface area (Å²) in [6.07, 6.45) is 1.43. The first kappa shape index (κ1) is 19.3. The SMILES string of the molecule is Cc1ccc(Br)cc1CNc1ccc(S(=O)(=O)N2CCN(C)CC2)cn1. The summed E-state index contributed by atoms with van der Waals surface area (Å²) in [4.78, 5) is 6.65. The smallest absolute Gasteiger partial charge is 0.244 e. The zero-order chi connectivity index (χ0) is 18.7. The van der Waals surface area contributed by atoms with E-state index in [1.54, 1.807) is 12.1 Å². The Morgan fingerprint density at radius 2 is 1.88 bits per heavy atom. The van der Waals surface area contributed by atoms with Gasteiger partial charge in [-0.2, -0.15) is 4.31 Å². The third kappa shape index (κ3) is 4.43. The number of hydrogen-bond donors (Lipinski definition) is 1. The molecule has 1 fully saturated rings. The van der Waals surface area contributed by atoms with Gasteiger partial charge >= 0.3 is 0 Å². The van der Waals surface area contributed by atoms with E-state index in [2.05, 4.69) is 50.2 Å². The summed E-state index contributed by atoms with van der Waals surface area (Å²) in [6.45, 7) is 5.21. The molecule has 1 aromatic carbocycles. The predicted molar refractivity (Wildman–Crippen MR) is 107 cm³/mol. The van der Waals surface area contributed by atoms with Crippen LogP contribution in [0.25, 0.3) is 0 Å². The molecule has 26 heavy (non-hydrogen) atoms. The number of anilines is 1. The van der Waals surface area contributed by atoms with Crippen LogP contribution in [0.1, 0.15) is 11.1 Å². The van der Waals surface area contributed by atoms with Gasteiger partial charge in [0.15, 0.2) is 0 Å². The zero-order valence-electron chi connectivity index (χ0n) is 14.9. The normalized spacial score (nSPS) is 16.6. The van der Waals surface area contributed by atoms with Crippen LogP contribution < -0.4 is 5.32 Å². The van der Waals surface area contributed by atoms with E-state index in [9.17, 15) is 8.42 Å². The second kappa shape index (κ2) is 8.04. The minimum Gasteiger partial charge on any atom is -0.366 e. The van der Waals surface area contributed by atoms with Crippen LogP contribution in [0, 0.1) is 6.92 Å². The number of aryl methyl sites for hydroxylation is 1. The molecule has 0 saturated carbocycles. The molecule has 3 rings (SSSR count). The molecular formula is C18H23BrN4O2S. The molecule has 1 aromatic heterocycles. The highest BCUT2D eigenvalue weighted by Gasteiger charge is 2.27. The van der Waals surface area contributed by atoms with Gasteiger partial charge in [0.05, 0.1) is 0 Å². The lowest BCUT2D eigenvalue weighted by atomic mass is 10.1. The van der Waals surface area contributed by atoms with Crippen molar-refractivity contribution in [3.63, 3.8) is 0 Å². The van der Waals surface area contributed by atoms with Crippen molar-refractivity contribution in [2.24, 2.45) is 0 Å². The quantitative estimate of drug-likeness (QED) is 0.776. The Balaban J connectivity index is 1.67. The minimum atomic E-state index is -3.47. The van der Waals surface area contributed by atoms with Gasteiger partial charge in [-0.1, -0.05) is 22.0 Å². The predicted octanol–water partition coefficient (Wildman–Crippen LogP) is 2.70. The van der Waals surface area contributed by atoms with Gasteiger partial charge in [-0.25, -0.2) is 13.4 Å². The van der Waals surface area contributed by atoms with E-state index in [0.717, 1.165) is 23.1 Å². The van der Waals surface area contributed by atoms with Crippen molar-refractivity contribution in [3.8, 4) is 0 Å². The summed E-state index contributed by atoms with van der Waals surface area (Å²) in [6, 6.07) is 9.47. The molecule has 0 spiro atoms. The first-order valence-corrected chi connectivity index (χ1v) is 10.7. The molecule has 1 aliphatic heterocycles. The highest BCUT2D eigenvalue weighted by molar-refractivity contribution is 9.10. The third-order valence-corrected chi connectivity index (χ3v) is 6.98. The van der Waals surface area contributed by atoms with Gasteiger partial charge in [0, 0.05) is 43.4 Å². The number of benzene rings is 1. The lowest BCUT2D eigenvalue weighted by Crippen LogP contribution is -2.47. The summed E-state index contributed by atoms with van der Waals surface area (Å²) in [7, 11) is -1.47. The Morgan fingerprint density at radius 1 is 1.15 bits per heavy atom. The Hall–Kier alpha value is -1.48. The zero-order valence-corrected chi connectivity index (χ0v) is 17.3. The van der Waals surface area contributed by atoms with E-state index < -0.39 is 10.0 Å². The number of nitrogens with zero attached hydrogens (tertiary/aromatic N) is 3. The van der Waals surface area contributed by atoms with E-state index in [4.69, 9.17) is 0 Å². The highest BCUT2D eigenvalue weighted by Crippen LogP contribution is 2.20. The number of aromatic nitrogens is 1. The maximum Gasteiger partial charge on any atom is 0.244 e. The van der Waals surface area contributed by atoms with E-state index >= 15 is 0 Å². The van der Waals surface area contributed by atoms with Crippen molar-refractivity contribution in [3.05, 3.63) is 52.1 Å². The Kier molecular flexibility index (Phi) is 5.96. The molecule has 0 unspecified atom stereocenters. The molecule has 2 aromatic rings. The monoisotopic (exact) mass is 438 g/mol. The summed E-state index contributed by atoms with van der Waals surface area (Å²) in [5.41, 5.74) is 2.35. The third-order valence-electron chi connectivity index (χ3n) is 4.61. The van der Waals surface area contributed by atoms with E-state index in [1.165, 1.54) is 16.1 Å². The molecule has 0 radical (unpaired) electrons. The average Bonchev–Trinajstić information content (AvgIpc) is 2.63. The number of rotatable bonds is 5. The first-order chi connectivity index (χ1) is 12.4. The van der Waals surface area contributed by atoms with Gasteiger partial charge in [-0.05, 0) is 49.4 Å². The van der Waals surface area contributed by atoms with Crippen molar-refractivity contribution in [1.82, 2.24) is 14.2 Å². The van der Waals surface area contributed by atoms with E-state index in [1.807, 2.05) is 13.1 Å². The number of nitrogens with one attached hydrogen (secondary N) is 1. The lowest BCUT2D eigenvalue weighted by molar-refractivity contribution is 0.222.